The van der Waals surface area contributed by atoms with Gasteiger partial charge >= 0.3 is 5.97 Å². The van der Waals surface area contributed by atoms with Crippen LogP contribution in [0.1, 0.15) is 10.4 Å². The molecular formula is C14H21N3O3. The fraction of sp³-hybridized carbons (Fsp3) is 0.500. The van der Waals surface area contributed by atoms with E-state index in [0.717, 1.165) is 31.9 Å². The zero-order chi connectivity index (χ0) is 14.5. The van der Waals surface area contributed by atoms with Gasteiger partial charge in [-0.15, -0.1) is 0 Å². The van der Waals surface area contributed by atoms with E-state index in [1.807, 2.05) is 0 Å². The number of ether oxygens (including phenoxy) is 1. The monoisotopic (exact) mass is 279 g/mol. The molecule has 6 nitrogen and oxygen atoms in total. The number of nitrogens with zero attached hydrogens (tertiary/aromatic N) is 2. The highest BCUT2D eigenvalue weighted by Crippen LogP contribution is 2.26. The van der Waals surface area contributed by atoms with Crippen LogP contribution in [-0.2, 0) is 4.74 Å². The van der Waals surface area contributed by atoms with Gasteiger partial charge in [0.2, 0.25) is 0 Å². The molecule has 0 unspecified atom stereocenters. The van der Waals surface area contributed by atoms with E-state index in [0.29, 0.717) is 17.8 Å². The Morgan fingerprint density at radius 2 is 2.05 bits per heavy atom. The largest absolute Gasteiger partial charge is 0.465 e. The van der Waals surface area contributed by atoms with Crippen LogP contribution in [0, 0.1) is 0 Å². The van der Waals surface area contributed by atoms with Gasteiger partial charge in [-0.3, -0.25) is 4.90 Å². The van der Waals surface area contributed by atoms with E-state index in [1.165, 1.54) is 7.11 Å². The second-order valence-electron chi connectivity index (χ2n) is 4.82. The molecule has 1 aliphatic rings. The molecule has 0 spiro atoms. The fourth-order valence-corrected chi connectivity index (χ4v) is 2.42. The van der Waals surface area contributed by atoms with Crippen LogP contribution in [0.25, 0.3) is 0 Å². The minimum atomic E-state index is -0.356. The maximum Gasteiger partial charge on any atom is 0.337 e. The molecule has 3 N–H and O–H groups in total. The highest BCUT2D eigenvalue weighted by Gasteiger charge is 2.19. The molecule has 1 aliphatic heterocycles. The van der Waals surface area contributed by atoms with Crippen LogP contribution < -0.4 is 10.6 Å². The molecule has 0 atom stereocenters. The zero-order valence-electron chi connectivity index (χ0n) is 11.7. The SMILES string of the molecule is COC(=O)c1ccc(N)c(N2CCN(CCO)CC2)c1. The third-order valence-electron chi connectivity index (χ3n) is 3.58. The van der Waals surface area contributed by atoms with Gasteiger partial charge in [0, 0.05) is 32.7 Å². The number of aliphatic hydroxyl groups excluding tert-OH is 1. The number of benzene rings is 1. The lowest BCUT2D eigenvalue weighted by Crippen LogP contribution is -2.47. The summed E-state index contributed by atoms with van der Waals surface area (Å²) < 4.78 is 4.73. The predicted molar refractivity (Wildman–Crippen MR) is 77.9 cm³/mol. The van der Waals surface area contributed by atoms with E-state index < -0.39 is 0 Å². The molecule has 0 saturated carbocycles. The van der Waals surface area contributed by atoms with Crippen LogP contribution in [0.5, 0.6) is 0 Å². The molecule has 1 aromatic rings. The first-order valence-corrected chi connectivity index (χ1v) is 6.71. The molecule has 6 heteroatoms. The fourth-order valence-electron chi connectivity index (χ4n) is 2.42. The molecule has 2 rings (SSSR count). The second kappa shape index (κ2) is 6.58. The molecule has 1 fully saturated rings. The zero-order valence-corrected chi connectivity index (χ0v) is 11.7. The summed E-state index contributed by atoms with van der Waals surface area (Å²) in [5, 5.41) is 8.94. The van der Waals surface area contributed by atoms with E-state index >= 15 is 0 Å². The maximum atomic E-state index is 11.6. The van der Waals surface area contributed by atoms with Crippen molar-refractivity contribution in [1.29, 1.82) is 0 Å². The number of piperazine rings is 1. The average Bonchev–Trinajstić information content (AvgIpc) is 2.48. The van der Waals surface area contributed by atoms with Gasteiger partial charge in [-0.2, -0.15) is 0 Å². The lowest BCUT2D eigenvalue weighted by atomic mass is 10.1. The Balaban J connectivity index is 2.11. The number of esters is 1. The summed E-state index contributed by atoms with van der Waals surface area (Å²) in [5.41, 5.74) is 8.05. The van der Waals surface area contributed by atoms with E-state index in [9.17, 15) is 4.79 Å². The lowest BCUT2D eigenvalue weighted by Gasteiger charge is -2.36. The number of rotatable bonds is 4. The number of hydrogen-bond donors (Lipinski definition) is 2. The lowest BCUT2D eigenvalue weighted by molar-refractivity contribution is 0.0601. The first-order chi connectivity index (χ1) is 9.65. The average molecular weight is 279 g/mol. The molecule has 1 heterocycles. The number of β-amino-alcohol motifs (C(OH)–C–C–N with tert-alkyl or cyclic N) is 1. The number of carbonyl (C=O) groups is 1. The summed E-state index contributed by atoms with van der Waals surface area (Å²) in [7, 11) is 1.37. The topological polar surface area (TPSA) is 79.0 Å². The van der Waals surface area contributed by atoms with Crippen molar-refractivity contribution in [1.82, 2.24) is 4.90 Å². The summed E-state index contributed by atoms with van der Waals surface area (Å²) in [6.07, 6.45) is 0. The first kappa shape index (κ1) is 14.6. The third-order valence-corrected chi connectivity index (χ3v) is 3.58. The molecule has 0 aliphatic carbocycles. The van der Waals surface area contributed by atoms with Gasteiger partial charge in [-0.05, 0) is 18.2 Å². The van der Waals surface area contributed by atoms with Gasteiger partial charge in [0.1, 0.15) is 0 Å². The van der Waals surface area contributed by atoms with Gasteiger partial charge < -0.3 is 20.5 Å². The standard InChI is InChI=1S/C14H21N3O3/c1-20-14(19)11-2-3-12(15)13(10-11)17-6-4-16(5-7-17)8-9-18/h2-3,10,18H,4-9,15H2,1H3. The molecule has 0 amide bonds. The van der Waals surface area contributed by atoms with Crippen LogP contribution in [0.4, 0.5) is 11.4 Å². The maximum absolute atomic E-state index is 11.6. The Morgan fingerprint density at radius 1 is 1.35 bits per heavy atom. The molecule has 0 aromatic heterocycles. The Hall–Kier alpha value is -1.79. The van der Waals surface area contributed by atoms with Crippen molar-refractivity contribution in [3.05, 3.63) is 23.8 Å². The van der Waals surface area contributed by atoms with Crippen molar-refractivity contribution in [3.8, 4) is 0 Å². The third kappa shape index (κ3) is 3.20. The highest BCUT2D eigenvalue weighted by molar-refractivity contribution is 5.92. The van der Waals surface area contributed by atoms with Crippen LogP contribution in [0.15, 0.2) is 18.2 Å². The van der Waals surface area contributed by atoms with Crippen LogP contribution in [0.3, 0.4) is 0 Å². The molecule has 0 bridgehead atoms. The summed E-state index contributed by atoms with van der Waals surface area (Å²) in [6.45, 7) is 4.29. The van der Waals surface area contributed by atoms with Crippen molar-refractivity contribution in [2.45, 2.75) is 0 Å². The number of carbonyl (C=O) groups excluding carboxylic acids is 1. The summed E-state index contributed by atoms with van der Waals surface area (Å²) >= 11 is 0. The normalized spacial score (nSPS) is 16.2. The number of aliphatic hydroxyl groups is 1. The van der Waals surface area contributed by atoms with Gasteiger partial charge in [0.25, 0.3) is 0 Å². The molecule has 1 aromatic carbocycles. The molecule has 110 valence electrons. The minimum absolute atomic E-state index is 0.181. The molecule has 0 radical (unpaired) electrons. The van der Waals surface area contributed by atoms with Crippen molar-refractivity contribution >= 4 is 17.3 Å². The Labute approximate surface area is 118 Å². The van der Waals surface area contributed by atoms with Gasteiger partial charge in [-0.1, -0.05) is 0 Å². The Kier molecular flexibility index (Phi) is 4.81. The summed E-state index contributed by atoms with van der Waals surface area (Å²) in [6, 6.07) is 5.19. The van der Waals surface area contributed by atoms with Crippen molar-refractivity contribution in [3.63, 3.8) is 0 Å². The highest BCUT2D eigenvalue weighted by atomic mass is 16.5. The van der Waals surface area contributed by atoms with Gasteiger partial charge in [0.05, 0.1) is 30.7 Å². The van der Waals surface area contributed by atoms with E-state index in [2.05, 4.69) is 9.80 Å². The van der Waals surface area contributed by atoms with E-state index in [-0.39, 0.29) is 12.6 Å². The van der Waals surface area contributed by atoms with Crippen LogP contribution in [0.2, 0.25) is 0 Å². The van der Waals surface area contributed by atoms with Crippen molar-refractivity contribution in [2.24, 2.45) is 0 Å². The number of hydrogen-bond acceptors (Lipinski definition) is 6. The molecule has 1 saturated heterocycles. The van der Waals surface area contributed by atoms with Crippen molar-refractivity contribution < 1.29 is 14.6 Å². The minimum Gasteiger partial charge on any atom is -0.465 e. The van der Waals surface area contributed by atoms with Crippen LogP contribution in [-0.4, -0.2) is 62.4 Å². The van der Waals surface area contributed by atoms with E-state index in [1.54, 1.807) is 18.2 Å². The van der Waals surface area contributed by atoms with Crippen LogP contribution >= 0.6 is 0 Å². The summed E-state index contributed by atoms with van der Waals surface area (Å²) in [5.74, 6) is -0.356. The molecule has 20 heavy (non-hydrogen) atoms. The predicted octanol–water partition coefficient (Wildman–Crippen LogP) is 0.170. The quantitative estimate of drug-likeness (QED) is 0.604. The Morgan fingerprint density at radius 3 is 2.65 bits per heavy atom. The van der Waals surface area contributed by atoms with Gasteiger partial charge in [-0.25, -0.2) is 4.79 Å². The van der Waals surface area contributed by atoms with Gasteiger partial charge in [0.15, 0.2) is 0 Å². The number of anilines is 2. The first-order valence-electron chi connectivity index (χ1n) is 6.71. The number of nitrogen functional groups attached to an aromatic ring is 1. The smallest absolute Gasteiger partial charge is 0.337 e. The van der Waals surface area contributed by atoms with E-state index in [4.69, 9.17) is 15.6 Å². The molecular weight excluding hydrogens is 258 g/mol. The summed E-state index contributed by atoms with van der Waals surface area (Å²) in [4.78, 5) is 15.9. The number of nitrogens with two attached hydrogens (primary N) is 1. The van der Waals surface area contributed by atoms with Crippen molar-refractivity contribution in [2.75, 3.05) is 57.1 Å². The Bertz CT molecular complexity index is 471. The second-order valence-corrected chi connectivity index (χ2v) is 4.82. The number of methoxy groups -OCH3 is 1.